The van der Waals surface area contributed by atoms with E-state index in [1.165, 1.54) is 0 Å². The van der Waals surface area contributed by atoms with Gasteiger partial charge in [0.1, 0.15) is 0 Å². The Hall–Kier alpha value is -2.76. The van der Waals surface area contributed by atoms with Crippen molar-refractivity contribution in [3.8, 4) is 5.69 Å². The number of halogens is 6. The average molecular weight is 450 g/mol. The van der Waals surface area contributed by atoms with Crippen LogP contribution < -0.4 is 0 Å². The van der Waals surface area contributed by atoms with E-state index in [4.69, 9.17) is 0 Å². The van der Waals surface area contributed by atoms with Gasteiger partial charge in [0.15, 0.2) is 0 Å². The highest BCUT2D eigenvalue weighted by molar-refractivity contribution is 5.68. The van der Waals surface area contributed by atoms with Crippen molar-refractivity contribution in [2.75, 3.05) is 26.2 Å². The molecule has 2 aromatic rings. The molecule has 12 heteroatoms. The van der Waals surface area contributed by atoms with Gasteiger partial charge in [-0.25, -0.2) is 9.48 Å². The lowest BCUT2D eigenvalue weighted by atomic mass is 10.2. The molecule has 0 bridgehead atoms. The van der Waals surface area contributed by atoms with Gasteiger partial charge >= 0.3 is 18.4 Å². The van der Waals surface area contributed by atoms with Gasteiger partial charge in [-0.2, -0.15) is 31.4 Å². The Morgan fingerprint density at radius 2 is 1.61 bits per heavy atom. The first kappa shape index (κ1) is 22.9. The third kappa shape index (κ3) is 5.69. The van der Waals surface area contributed by atoms with Crippen LogP contribution in [0.4, 0.5) is 31.1 Å². The summed E-state index contributed by atoms with van der Waals surface area (Å²) in [7, 11) is 0. The van der Waals surface area contributed by atoms with Crippen LogP contribution >= 0.6 is 0 Å². The van der Waals surface area contributed by atoms with Gasteiger partial charge in [-0.1, -0.05) is 18.2 Å². The summed E-state index contributed by atoms with van der Waals surface area (Å²) in [4.78, 5) is 14.6. The highest BCUT2D eigenvalue weighted by atomic mass is 19.4. The molecule has 1 fully saturated rings. The molecule has 2 heterocycles. The molecule has 1 aromatic heterocycles. The van der Waals surface area contributed by atoms with Crippen molar-refractivity contribution in [2.24, 2.45) is 0 Å². The van der Waals surface area contributed by atoms with E-state index in [0.29, 0.717) is 6.54 Å². The van der Waals surface area contributed by atoms with E-state index in [0.717, 1.165) is 21.8 Å². The minimum atomic E-state index is -5.73. The second kappa shape index (κ2) is 8.77. The maximum Gasteiger partial charge on any atom is 0.434 e. The van der Waals surface area contributed by atoms with Crippen LogP contribution in [-0.4, -0.2) is 70.3 Å². The minimum Gasteiger partial charge on any atom is -0.426 e. The SMILES string of the molecule is Cc1nn(-c2ccccc2)cc1CN1CCN(C(=O)OC(C(F)(F)F)C(F)(F)F)CC1. The van der Waals surface area contributed by atoms with Gasteiger partial charge < -0.3 is 9.64 Å². The van der Waals surface area contributed by atoms with Gasteiger partial charge in [-0.3, -0.25) is 4.90 Å². The number of nitrogens with zero attached hydrogens (tertiary/aromatic N) is 4. The zero-order valence-corrected chi connectivity index (χ0v) is 16.5. The molecular formula is C19H20F6N4O2. The summed E-state index contributed by atoms with van der Waals surface area (Å²) in [5.74, 6) is 0. The van der Waals surface area contributed by atoms with Crippen molar-refractivity contribution in [3.63, 3.8) is 0 Å². The fourth-order valence-corrected chi connectivity index (χ4v) is 3.19. The number of carbonyl (C=O) groups excluding carboxylic acids is 1. The van der Waals surface area contributed by atoms with Crippen LogP contribution in [-0.2, 0) is 11.3 Å². The molecule has 0 spiro atoms. The molecule has 1 amide bonds. The van der Waals surface area contributed by atoms with E-state index in [-0.39, 0.29) is 26.2 Å². The van der Waals surface area contributed by atoms with Crippen molar-refractivity contribution in [2.45, 2.75) is 31.9 Å². The molecule has 1 aromatic carbocycles. The number of aryl methyl sites for hydroxylation is 1. The Labute approximate surface area is 174 Å². The Morgan fingerprint density at radius 1 is 1.03 bits per heavy atom. The summed E-state index contributed by atoms with van der Waals surface area (Å²) in [6, 6.07) is 9.45. The fourth-order valence-electron chi connectivity index (χ4n) is 3.19. The zero-order chi connectivity index (χ0) is 22.8. The second-order valence-electron chi connectivity index (χ2n) is 7.13. The Balaban J connectivity index is 1.56. The van der Waals surface area contributed by atoms with Crippen LogP contribution in [0, 0.1) is 6.92 Å². The highest BCUT2D eigenvalue weighted by Gasteiger charge is 2.60. The highest BCUT2D eigenvalue weighted by Crippen LogP contribution is 2.36. The number of aromatic nitrogens is 2. The molecule has 0 unspecified atom stereocenters. The number of ether oxygens (including phenoxy) is 1. The molecule has 6 nitrogen and oxygen atoms in total. The first-order valence-corrected chi connectivity index (χ1v) is 9.37. The van der Waals surface area contributed by atoms with Crippen molar-refractivity contribution in [1.82, 2.24) is 19.6 Å². The molecule has 0 radical (unpaired) electrons. The van der Waals surface area contributed by atoms with Crippen molar-refractivity contribution in [3.05, 3.63) is 47.8 Å². The van der Waals surface area contributed by atoms with E-state index in [1.807, 2.05) is 48.4 Å². The second-order valence-corrected chi connectivity index (χ2v) is 7.13. The van der Waals surface area contributed by atoms with Gasteiger partial charge in [0.25, 0.3) is 6.10 Å². The molecule has 1 aliphatic heterocycles. The summed E-state index contributed by atoms with van der Waals surface area (Å²) in [5, 5.41) is 4.46. The first-order valence-electron chi connectivity index (χ1n) is 9.37. The number of piperazine rings is 1. The van der Waals surface area contributed by atoms with Crippen LogP contribution in [0.2, 0.25) is 0 Å². The van der Waals surface area contributed by atoms with Crippen LogP contribution in [0.15, 0.2) is 36.5 Å². The quantitative estimate of drug-likeness (QED) is 0.663. The maximum atomic E-state index is 12.6. The number of para-hydroxylation sites is 1. The van der Waals surface area contributed by atoms with Crippen LogP contribution in [0.5, 0.6) is 0 Å². The first-order chi connectivity index (χ1) is 14.4. The minimum absolute atomic E-state index is 0.0485. The molecule has 1 aliphatic rings. The van der Waals surface area contributed by atoms with Gasteiger partial charge in [-0.05, 0) is 19.1 Å². The number of benzene rings is 1. The zero-order valence-electron chi connectivity index (χ0n) is 16.5. The summed E-state index contributed by atoms with van der Waals surface area (Å²) in [6.45, 7) is 2.77. The van der Waals surface area contributed by atoms with Crippen molar-refractivity contribution >= 4 is 6.09 Å². The van der Waals surface area contributed by atoms with Crippen LogP contribution in [0.1, 0.15) is 11.3 Å². The van der Waals surface area contributed by atoms with E-state index in [9.17, 15) is 31.1 Å². The number of amides is 1. The smallest absolute Gasteiger partial charge is 0.426 e. The van der Waals surface area contributed by atoms with Gasteiger partial charge in [-0.15, -0.1) is 0 Å². The van der Waals surface area contributed by atoms with Crippen molar-refractivity contribution in [1.29, 1.82) is 0 Å². The maximum absolute atomic E-state index is 12.6. The average Bonchev–Trinajstić information content (AvgIpc) is 3.06. The number of alkyl halides is 6. The third-order valence-corrected chi connectivity index (χ3v) is 4.86. The lowest BCUT2D eigenvalue weighted by molar-refractivity contribution is -0.308. The number of hydrogen-bond donors (Lipinski definition) is 0. The van der Waals surface area contributed by atoms with Gasteiger partial charge in [0.05, 0.1) is 11.4 Å². The largest absolute Gasteiger partial charge is 0.434 e. The Kier molecular flexibility index (Phi) is 6.48. The van der Waals surface area contributed by atoms with Crippen LogP contribution in [0.3, 0.4) is 0 Å². The molecule has 3 rings (SSSR count). The van der Waals surface area contributed by atoms with E-state index in [1.54, 1.807) is 4.68 Å². The summed E-state index contributed by atoms with van der Waals surface area (Å²) in [6.07, 6.45) is -15.4. The monoisotopic (exact) mass is 450 g/mol. The predicted molar refractivity (Wildman–Crippen MR) is 97.5 cm³/mol. The van der Waals surface area contributed by atoms with Gasteiger partial charge in [0, 0.05) is 44.5 Å². The Bertz CT molecular complexity index is 875. The van der Waals surface area contributed by atoms with E-state index < -0.39 is 24.5 Å². The molecule has 0 saturated carbocycles. The topological polar surface area (TPSA) is 50.6 Å². The normalized spacial score (nSPS) is 16.1. The summed E-state index contributed by atoms with van der Waals surface area (Å²) in [5.41, 5.74) is 2.60. The Morgan fingerprint density at radius 3 is 2.16 bits per heavy atom. The molecule has 170 valence electrons. The lowest BCUT2D eigenvalue weighted by Gasteiger charge is -2.35. The van der Waals surface area contributed by atoms with E-state index in [2.05, 4.69) is 9.84 Å². The lowest BCUT2D eigenvalue weighted by Crippen LogP contribution is -2.52. The van der Waals surface area contributed by atoms with E-state index >= 15 is 0 Å². The van der Waals surface area contributed by atoms with Crippen molar-refractivity contribution < 1.29 is 35.9 Å². The molecular weight excluding hydrogens is 430 g/mol. The standard InChI is InChI=1S/C19H20F6N4O2/c1-13-14(12-29(26-13)15-5-3-2-4-6-15)11-27-7-9-28(10-8-27)17(30)31-16(18(20,21)22)19(23,24)25/h2-6,12,16H,7-11H2,1H3. The molecule has 0 atom stereocenters. The predicted octanol–water partition coefficient (Wildman–Crippen LogP) is 3.93. The molecule has 31 heavy (non-hydrogen) atoms. The molecule has 0 N–H and O–H groups in total. The molecule has 1 saturated heterocycles. The van der Waals surface area contributed by atoms with Gasteiger partial charge in [0.2, 0.25) is 0 Å². The number of rotatable bonds is 4. The fraction of sp³-hybridized carbons (Fsp3) is 0.474. The summed E-state index contributed by atoms with van der Waals surface area (Å²) < 4.78 is 80.9. The third-order valence-electron chi connectivity index (χ3n) is 4.86. The molecule has 0 aliphatic carbocycles. The number of carbonyl (C=O) groups is 1. The number of hydrogen-bond acceptors (Lipinski definition) is 4. The van der Waals surface area contributed by atoms with Crippen LogP contribution in [0.25, 0.3) is 5.69 Å². The summed E-state index contributed by atoms with van der Waals surface area (Å²) >= 11 is 0.